The number of carboxylic acids is 2. The van der Waals surface area contributed by atoms with E-state index in [1.807, 2.05) is 0 Å². The summed E-state index contributed by atoms with van der Waals surface area (Å²) in [6.07, 6.45) is -5.28. The van der Waals surface area contributed by atoms with Crippen molar-refractivity contribution in [3.8, 4) is 5.75 Å². The number of carbonyl (C=O) groups excluding carboxylic acids is 11. The van der Waals surface area contributed by atoms with Crippen molar-refractivity contribution >= 4 is 117 Å². The Morgan fingerprint density at radius 1 is 0.640 bits per heavy atom. The Morgan fingerprint density at radius 2 is 1.18 bits per heavy atom. The molecule has 0 unspecified atom stereocenters. The van der Waals surface area contributed by atoms with Crippen LogP contribution in [-0.4, -0.2) is 221 Å². The van der Waals surface area contributed by atoms with Gasteiger partial charge in [-0.25, -0.2) is 9.59 Å². The number of likely N-dealkylation sites (tertiary alicyclic amines) is 1. The van der Waals surface area contributed by atoms with Gasteiger partial charge in [-0.1, -0.05) is 27.7 Å². The molecule has 0 spiro atoms. The first-order valence-electron chi connectivity index (χ1n) is 35.9. The van der Waals surface area contributed by atoms with E-state index in [0.29, 0.717) is 48.6 Å². The highest BCUT2D eigenvalue weighted by molar-refractivity contribution is 5.99. The third-order valence-electron chi connectivity index (χ3n) is 16.9. The first-order valence-corrected chi connectivity index (χ1v) is 35.9. The molecule has 0 radical (unpaired) electrons. The molecule has 114 heavy (non-hydrogen) atoms. The molecule has 1 aliphatic heterocycles. The highest BCUT2D eigenvalue weighted by Crippen LogP contribution is 2.30. The third kappa shape index (κ3) is 33.6. The number of alkyl halides is 3. The lowest BCUT2D eigenvalue weighted by Gasteiger charge is -2.30. The predicted molar refractivity (Wildman–Crippen MR) is 401 cm³/mol. The molecule has 1 fully saturated rings. The molecule has 1 aliphatic rings. The van der Waals surface area contributed by atoms with E-state index in [1.165, 1.54) is 24.1 Å². The summed E-state index contributed by atoms with van der Waals surface area (Å²) < 4.78 is 42.3. The van der Waals surface area contributed by atoms with Crippen molar-refractivity contribution in [2.75, 3.05) is 51.7 Å². The summed E-state index contributed by atoms with van der Waals surface area (Å²) in [6, 6.07) is -4.64. The number of nitrogens with zero attached hydrogens (tertiary/aromatic N) is 5. The van der Waals surface area contributed by atoms with Crippen LogP contribution in [-0.2, 0) is 68.7 Å². The summed E-state index contributed by atoms with van der Waals surface area (Å²) >= 11 is 0. The van der Waals surface area contributed by atoms with Crippen molar-refractivity contribution in [1.82, 2.24) is 52.8 Å². The van der Waals surface area contributed by atoms with Gasteiger partial charge in [-0.05, 0) is 126 Å². The maximum absolute atomic E-state index is 14.5. The minimum absolute atomic E-state index is 0.0136. The van der Waals surface area contributed by atoms with E-state index in [2.05, 4.69) is 63.2 Å². The second kappa shape index (κ2) is 47.0. The minimum atomic E-state index is -5.08. The van der Waals surface area contributed by atoms with Crippen LogP contribution in [0, 0.1) is 32.1 Å². The summed E-state index contributed by atoms with van der Waals surface area (Å²) in [7, 11) is 1.44. The summed E-state index contributed by atoms with van der Waals surface area (Å²) in [6.45, 7) is 6.86. The zero-order chi connectivity index (χ0) is 85.9. The Labute approximate surface area is 649 Å². The van der Waals surface area contributed by atoms with E-state index in [-0.39, 0.29) is 112 Å². The van der Waals surface area contributed by atoms with Crippen molar-refractivity contribution in [3.05, 3.63) is 78.7 Å². The van der Waals surface area contributed by atoms with Crippen LogP contribution in [0.15, 0.2) is 61.7 Å². The van der Waals surface area contributed by atoms with Crippen molar-refractivity contribution in [1.29, 1.82) is 0 Å². The number of hydrogen-bond donors (Lipinski definition) is 18. The fourth-order valence-electron chi connectivity index (χ4n) is 11.3. The number of non-ortho nitro benzene ring substituents is 1. The number of primary amides is 1. The van der Waals surface area contributed by atoms with Crippen LogP contribution < -0.4 is 97.9 Å². The van der Waals surface area contributed by atoms with Crippen LogP contribution in [0.2, 0.25) is 0 Å². The molecule has 0 bridgehead atoms. The number of anilines is 1. The quantitative estimate of drug-likeness (QED) is 0.00699. The zero-order valence-electron chi connectivity index (χ0n) is 63.4. The number of nitrogens with two attached hydrogens (primary N) is 6. The summed E-state index contributed by atoms with van der Waals surface area (Å²) in [5.41, 5.74) is 30.9. The topological polar surface area (TPSA) is 692 Å². The number of ether oxygens (including phenoxy) is 1. The van der Waals surface area contributed by atoms with Crippen LogP contribution in [0.4, 0.5) is 30.2 Å². The standard InChI is InChI=1S/C66H99N21O20.C2HF3O2/c1-34(2)26-46(83-63(100)49-15-11-25-85(49)64(101)45(12-7-8-22-67)78-52(88)28-37-29-55(92)107-51-31-39(106-6)17-18-40(37)51)58(95)76-33-53(89)79-47(27-35(3)4)61(98)84-48(32-75-41-19-16-38(86(102)103)30-50(41)87(104)105)62(99)77-36(5)57(94)81-43(14-10-24-74-66(71)72)59(96)82-44(20-21-54(90)91)60(97)80-42(56(68)93)13-9-23-73-65(69)70;3-2(4,5)1(6)7/h16-19,29-31,34-36,42-49,75H,7-15,20-28,32-33,67H2,1-6H3,(H2,68,93)(H,76,95)(H,77,99)(H,78,88)(H,79,89)(H,80,97)(H,81,94)(H,82,96)(H,83,100)(H,84,98)(H,90,91)(H4,69,70,73)(H4,71,72,74);(H,6,7)/t36-,42+,43+,44-,45-,46-,47-,48+,49+;/m0./s1. The number of fused-ring (bicyclic) bond motifs is 1. The van der Waals surface area contributed by atoms with Crippen molar-refractivity contribution in [2.45, 2.75) is 185 Å². The number of guanidine groups is 2. The normalized spacial score (nSPS) is 14.5. The Hall–Kier alpha value is -12.6. The largest absolute Gasteiger partial charge is 0.497 e. The lowest BCUT2D eigenvalue weighted by molar-refractivity contribution is -0.393. The molecule has 2 heterocycles. The number of nitro benzene ring substituents is 2. The molecule has 3 aromatic rings. The van der Waals surface area contributed by atoms with Crippen LogP contribution in [0.1, 0.15) is 124 Å². The molecule has 630 valence electrons. The number of amides is 11. The third-order valence-corrected chi connectivity index (χ3v) is 16.9. The number of hydrogen-bond acceptors (Lipinski definition) is 24. The molecular weight excluding hydrogens is 1520 g/mol. The highest BCUT2D eigenvalue weighted by Gasteiger charge is 2.41. The van der Waals surface area contributed by atoms with Crippen LogP contribution in [0.25, 0.3) is 11.0 Å². The number of carbonyl (C=O) groups is 13. The van der Waals surface area contributed by atoms with Gasteiger partial charge in [-0.3, -0.25) is 87.7 Å². The molecule has 24 N–H and O–H groups in total. The van der Waals surface area contributed by atoms with Gasteiger partial charge in [0.2, 0.25) is 65.0 Å². The van der Waals surface area contributed by atoms with Gasteiger partial charge in [0.15, 0.2) is 11.9 Å². The Morgan fingerprint density at radius 3 is 1.72 bits per heavy atom. The van der Waals surface area contributed by atoms with Crippen molar-refractivity contribution in [2.24, 2.45) is 56.2 Å². The average Bonchev–Trinajstić information content (AvgIpc) is 0.898. The number of benzene rings is 2. The Bertz CT molecular complexity index is 4040. The van der Waals surface area contributed by atoms with Crippen LogP contribution in [0.3, 0.4) is 0 Å². The van der Waals surface area contributed by atoms with Gasteiger partial charge in [0.1, 0.15) is 71.4 Å². The van der Waals surface area contributed by atoms with Crippen molar-refractivity contribution < 1.29 is 105 Å². The number of carboxylic acid groups (broad SMARTS) is 2. The lowest BCUT2D eigenvalue weighted by Crippen LogP contribution is -2.60. The molecular formula is C68H100F3N21O22. The number of halogens is 3. The second-order valence-electron chi connectivity index (χ2n) is 27.0. The first kappa shape index (κ1) is 95.7. The number of unbranched alkanes of at least 4 members (excludes halogenated alkanes) is 1. The molecule has 46 heteroatoms. The maximum atomic E-state index is 14.5. The fourth-order valence-corrected chi connectivity index (χ4v) is 11.3. The number of nitrogens with one attached hydrogen (secondary N) is 10. The van der Waals surface area contributed by atoms with Crippen LogP contribution >= 0.6 is 0 Å². The van der Waals surface area contributed by atoms with Crippen LogP contribution in [0.5, 0.6) is 5.75 Å². The molecule has 11 amide bonds. The average molecular weight is 1620 g/mol. The SMILES string of the molecule is COc1ccc2c(CC(=O)N[C@@H](CCCCN)C(=O)N3CCC[C@@H]3C(=O)N[C@@H](CC(C)C)C(=O)NCC(=O)N[C@@H](CC(C)C)C(=O)N[C@H](CNc3ccc([N+](=O)[O-])cc3[N+](=O)[O-])C(=O)N[C@@H](C)C(=O)N[C@H](CCCN=C(N)N)C(=O)N[C@@H](CCC(=O)O)C(=O)N[C@H](CCCN=C(N)N)C(N)=O)cc(=O)oc2c1.O=C(O)C(F)(F)F. The van der Waals surface area contributed by atoms with E-state index in [0.717, 1.165) is 19.1 Å². The molecule has 0 saturated carbocycles. The van der Waals surface area contributed by atoms with E-state index in [4.69, 9.17) is 53.5 Å². The summed E-state index contributed by atoms with van der Waals surface area (Å²) in [5, 5.41) is 66.1. The number of rotatable bonds is 46. The number of nitro groups is 2. The van der Waals surface area contributed by atoms with Gasteiger partial charge in [-0.15, -0.1) is 0 Å². The Balaban J connectivity index is 0.00000457. The lowest BCUT2D eigenvalue weighted by atomic mass is 10.0. The predicted octanol–water partition coefficient (Wildman–Crippen LogP) is -2.41. The van der Waals surface area contributed by atoms with Gasteiger partial charge < -0.3 is 112 Å². The molecule has 4 rings (SSSR count). The monoisotopic (exact) mass is 1620 g/mol. The molecule has 1 aromatic heterocycles. The smallest absolute Gasteiger partial charge is 0.490 e. The highest BCUT2D eigenvalue weighted by atomic mass is 19.4. The van der Waals surface area contributed by atoms with Crippen molar-refractivity contribution in [3.63, 3.8) is 0 Å². The Kier molecular flexibility index (Phi) is 39.4. The fraction of sp³-hybridized carbons (Fsp3) is 0.559. The number of methoxy groups -OCH3 is 1. The van der Waals surface area contributed by atoms with Gasteiger partial charge in [-0.2, -0.15) is 13.2 Å². The van der Waals surface area contributed by atoms with E-state index in [9.17, 15) is 101 Å². The summed E-state index contributed by atoms with van der Waals surface area (Å²) in [4.78, 5) is 218. The molecule has 0 aliphatic carbocycles. The summed E-state index contributed by atoms with van der Waals surface area (Å²) in [5.74, 6) is -15.0. The van der Waals surface area contributed by atoms with Gasteiger partial charge in [0.25, 0.3) is 11.4 Å². The first-order chi connectivity index (χ1) is 53.5. The second-order valence-corrected chi connectivity index (χ2v) is 27.0. The van der Waals surface area contributed by atoms with E-state index >= 15 is 0 Å². The number of aliphatic carboxylic acids is 2. The van der Waals surface area contributed by atoms with Gasteiger partial charge >= 0.3 is 23.7 Å². The number of aliphatic imine (C=N–C) groups is 2. The molecule has 9 atom stereocenters. The minimum Gasteiger partial charge on any atom is -0.497 e. The molecule has 2 aromatic carbocycles. The maximum Gasteiger partial charge on any atom is 0.490 e. The molecule has 1 saturated heterocycles. The van der Waals surface area contributed by atoms with Gasteiger partial charge in [0.05, 0.1) is 36.0 Å². The molecule has 43 nitrogen and oxygen atoms in total. The zero-order valence-corrected chi connectivity index (χ0v) is 63.4. The van der Waals surface area contributed by atoms with E-state index < -0.39 is 190 Å². The van der Waals surface area contributed by atoms with E-state index in [1.54, 1.807) is 39.8 Å². The van der Waals surface area contributed by atoms with Gasteiger partial charge in [0, 0.05) is 56.2 Å².